The van der Waals surface area contributed by atoms with Crippen molar-refractivity contribution in [1.82, 2.24) is 4.90 Å². The van der Waals surface area contributed by atoms with E-state index in [9.17, 15) is 10.1 Å². The third-order valence-corrected chi connectivity index (χ3v) is 2.15. The molecule has 88 valence electrons. The van der Waals surface area contributed by atoms with Crippen LogP contribution in [0.1, 0.15) is 0 Å². The van der Waals surface area contributed by atoms with Gasteiger partial charge in [0, 0.05) is 23.7 Å². The molecule has 0 spiro atoms. The summed E-state index contributed by atoms with van der Waals surface area (Å²) in [6, 6.07) is 4.27. The van der Waals surface area contributed by atoms with Gasteiger partial charge in [-0.15, -0.1) is 0 Å². The Morgan fingerprint density at radius 1 is 1.50 bits per heavy atom. The van der Waals surface area contributed by atoms with Crippen LogP contribution < -0.4 is 4.74 Å². The van der Waals surface area contributed by atoms with Gasteiger partial charge >= 0.3 is 5.69 Å². The minimum Gasteiger partial charge on any atom is -0.485 e. The average molecular weight is 245 g/mol. The number of rotatable bonds is 5. The second-order valence-electron chi connectivity index (χ2n) is 3.52. The number of ether oxygens (including phenoxy) is 1. The molecule has 1 aromatic rings. The van der Waals surface area contributed by atoms with Gasteiger partial charge in [-0.25, -0.2) is 0 Å². The maximum absolute atomic E-state index is 10.7. The minimum atomic E-state index is -0.485. The number of benzene rings is 1. The van der Waals surface area contributed by atoms with E-state index < -0.39 is 4.92 Å². The lowest BCUT2D eigenvalue weighted by Gasteiger charge is -2.11. The first-order valence-corrected chi connectivity index (χ1v) is 5.10. The van der Waals surface area contributed by atoms with E-state index >= 15 is 0 Å². The zero-order valence-electron chi connectivity index (χ0n) is 9.14. The Morgan fingerprint density at radius 3 is 2.75 bits per heavy atom. The van der Waals surface area contributed by atoms with Crippen molar-refractivity contribution in [2.24, 2.45) is 0 Å². The molecule has 0 amide bonds. The molecule has 0 aliphatic heterocycles. The molecule has 0 radical (unpaired) electrons. The summed E-state index contributed by atoms with van der Waals surface area (Å²) in [5.74, 6) is 0.208. The lowest BCUT2D eigenvalue weighted by Crippen LogP contribution is -2.19. The van der Waals surface area contributed by atoms with E-state index in [-0.39, 0.29) is 11.4 Å². The van der Waals surface area contributed by atoms with E-state index in [1.165, 1.54) is 18.2 Å². The van der Waals surface area contributed by atoms with Crippen molar-refractivity contribution in [2.45, 2.75) is 0 Å². The molecular formula is C10H13ClN2O3. The highest BCUT2D eigenvalue weighted by molar-refractivity contribution is 6.30. The molecule has 0 aliphatic carbocycles. The number of nitrogens with zero attached hydrogens (tertiary/aromatic N) is 2. The third kappa shape index (κ3) is 3.67. The molecule has 5 nitrogen and oxygen atoms in total. The summed E-state index contributed by atoms with van der Waals surface area (Å²) in [6.45, 7) is 1.07. The van der Waals surface area contributed by atoms with Crippen LogP contribution in [0.15, 0.2) is 18.2 Å². The number of hydrogen-bond donors (Lipinski definition) is 0. The van der Waals surface area contributed by atoms with Crippen molar-refractivity contribution in [1.29, 1.82) is 0 Å². The Balaban J connectivity index is 2.76. The molecule has 0 atom stereocenters. The van der Waals surface area contributed by atoms with Gasteiger partial charge in [0.05, 0.1) is 4.92 Å². The average Bonchev–Trinajstić information content (AvgIpc) is 2.16. The van der Waals surface area contributed by atoms with Crippen LogP contribution in [0.4, 0.5) is 5.69 Å². The fourth-order valence-corrected chi connectivity index (χ4v) is 1.25. The Morgan fingerprint density at radius 2 is 2.19 bits per heavy atom. The summed E-state index contributed by atoms with van der Waals surface area (Å²) in [6.07, 6.45) is 0. The molecule has 0 aromatic heterocycles. The van der Waals surface area contributed by atoms with Crippen molar-refractivity contribution in [3.05, 3.63) is 33.3 Å². The Bertz CT molecular complexity index is 382. The number of likely N-dealkylation sites (N-methyl/N-ethyl adjacent to an activating group) is 1. The van der Waals surface area contributed by atoms with Crippen LogP contribution in [0.2, 0.25) is 5.02 Å². The second kappa shape index (κ2) is 5.67. The van der Waals surface area contributed by atoms with E-state index in [1.54, 1.807) is 0 Å². The number of nitro groups is 1. The summed E-state index contributed by atoms with van der Waals surface area (Å²) >= 11 is 5.75. The summed E-state index contributed by atoms with van der Waals surface area (Å²) in [7, 11) is 3.80. The zero-order chi connectivity index (χ0) is 12.1. The molecule has 6 heteroatoms. The van der Waals surface area contributed by atoms with Gasteiger partial charge < -0.3 is 9.64 Å². The molecule has 16 heavy (non-hydrogen) atoms. The maximum Gasteiger partial charge on any atom is 0.311 e. The van der Waals surface area contributed by atoms with Crippen LogP contribution in [0.25, 0.3) is 0 Å². The van der Waals surface area contributed by atoms with Gasteiger partial charge in [0.25, 0.3) is 0 Å². The SMILES string of the molecule is CN(C)CCOc1cc(Cl)ccc1[N+](=O)[O-]. The minimum absolute atomic E-state index is 0.0665. The van der Waals surface area contributed by atoms with Gasteiger partial charge in [-0.2, -0.15) is 0 Å². The first-order valence-electron chi connectivity index (χ1n) is 4.72. The number of halogens is 1. The van der Waals surface area contributed by atoms with Gasteiger partial charge in [-0.3, -0.25) is 10.1 Å². The fraction of sp³-hybridized carbons (Fsp3) is 0.400. The largest absolute Gasteiger partial charge is 0.485 e. The molecular weight excluding hydrogens is 232 g/mol. The normalized spacial score (nSPS) is 10.5. The second-order valence-corrected chi connectivity index (χ2v) is 3.96. The van der Waals surface area contributed by atoms with Crippen molar-refractivity contribution in [3.63, 3.8) is 0 Å². The predicted molar refractivity (Wildman–Crippen MR) is 62.2 cm³/mol. The topological polar surface area (TPSA) is 55.6 Å². The van der Waals surface area contributed by atoms with Crippen LogP contribution >= 0.6 is 11.6 Å². The summed E-state index contributed by atoms with van der Waals surface area (Å²) < 4.78 is 5.32. The van der Waals surface area contributed by atoms with Crippen molar-refractivity contribution in [3.8, 4) is 5.75 Å². The molecule has 0 unspecified atom stereocenters. The van der Waals surface area contributed by atoms with E-state index in [0.717, 1.165) is 0 Å². The lowest BCUT2D eigenvalue weighted by atomic mass is 10.3. The molecule has 0 heterocycles. The monoisotopic (exact) mass is 244 g/mol. The number of hydrogen-bond acceptors (Lipinski definition) is 4. The standard InChI is InChI=1S/C10H13ClN2O3/c1-12(2)5-6-16-10-7-8(11)3-4-9(10)13(14)15/h3-4,7H,5-6H2,1-2H3. The highest BCUT2D eigenvalue weighted by Gasteiger charge is 2.15. The smallest absolute Gasteiger partial charge is 0.311 e. The predicted octanol–water partition coefficient (Wildman–Crippen LogP) is 2.19. The van der Waals surface area contributed by atoms with Crippen LogP contribution in [0.5, 0.6) is 5.75 Å². The van der Waals surface area contributed by atoms with E-state index in [4.69, 9.17) is 16.3 Å². The zero-order valence-corrected chi connectivity index (χ0v) is 9.90. The molecule has 0 saturated carbocycles. The molecule has 0 fully saturated rings. The summed E-state index contributed by atoms with van der Waals surface area (Å²) in [5, 5.41) is 11.1. The quantitative estimate of drug-likeness (QED) is 0.589. The number of nitro benzene ring substituents is 1. The van der Waals surface area contributed by atoms with Crippen LogP contribution in [-0.2, 0) is 0 Å². The van der Waals surface area contributed by atoms with Crippen molar-refractivity contribution >= 4 is 17.3 Å². The van der Waals surface area contributed by atoms with Crippen molar-refractivity contribution in [2.75, 3.05) is 27.2 Å². The Hall–Kier alpha value is -1.33. The third-order valence-electron chi connectivity index (χ3n) is 1.91. The first kappa shape index (κ1) is 12.7. The summed E-state index contributed by atoms with van der Waals surface area (Å²) in [4.78, 5) is 12.1. The van der Waals surface area contributed by atoms with E-state index in [1.807, 2.05) is 19.0 Å². The maximum atomic E-state index is 10.7. The van der Waals surface area contributed by atoms with E-state index in [0.29, 0.717) is 18.2 Å². The molecule has 0 aliphatic rings. The van der Waals surface area contributed by atoms with Gasteiger partial charge in [-0.05, 0) is 20.2 Å². The van der Waals surface area contributed by atoms with Gasteiger partial charge in [0.1, 0.15) is 6.61 Å². The van der Waals surface area contributed by atoms with Crippen molar-refractivity contribution < 1.29 is 9.66 Å². The van der Waals surface area contributed by atoms with E-state index in [2.05, 4.69) is 0 Å². The fourth-order valence-electron chi connectivity index (χ4n) is 1.09. The lowest BCUT2D eigenvalue weighted by molar-refractivity contribution is -0.385. The Labute approximate surface area is 98.7 Å². The molecule has 1 aromatic carbocycles. The first-order chi connectivity index (χ1) is 7.50. The molecule has 0 bridgehead atoms. The van der Waals surface area contributed by atoms with Gasteiger partial charge in [0.15, 0.2) is 5.75 Å². The van der Waals surface area contributed by atoms with Gasteiger partial charge in [-0.1, -0.05) is 11.6 Å². The highest BCUT2D eigenvalue weighted by atomic mass is 35.5. The molecule has 0 N–H and O–H groups in total. The van der Waals surface area contributed by atoms with Crippen LogP contribution in [0, 0.1) is 10.1 Å². The molecule has 0 saturated heterocycles. The molecule has 1 rings (SSSR count). The highest BCUT2D eigenvalue weighted by Crippen LogP contribution is 2.29. The van der Waals surface area contributed by atoms with Gasteiger partial charge in [0.2, 0.25) is 0 Å². The van der Waals surface area contributed by atoms with Crippen LogP contribution in [0.3, 0.4) is 0 Å². The Kier molecular flexibility index (Phi) is 4.52. The summed E-state index contributed by atoms with van der Waals surface area (Å²) in [5.41, 5.74) is -0.0665. The van der Waals surface area contributed by atoms with Crippen LogP contribution in [-0.4, -0.2) is 37.1 Å².